The fourth-order valence-electron chi connectivity index (χ4n) is 3.74. The third kappa shape index (κ3) is 4.60. The topological polar surface area (TPSA) is 122 Å². The van der Waals surface area contributed by atoms with Crippen molar-refractivity contribution in [1.29, 1.82) is 0 Å². The van der Waals surface area contributed by atoms with Crippen molar-refractivity contribution < 1.29 is 4.79 Å². The van der Waals surface area contributed by atoms with Crippen LogP contribution in [0.15, 0.2) is 61.1 Å². The molecule has 5 rings (SSSR count). The van der Waals surface area contributed by atoms with Crippen molar-refractivity contribution >= 4 is 28.4 Å². The lowest BCUT2D eigenvalue weighted by Crippen LogP contribution is -2.23. The quantitative estimate of drug-likeness (QED) is 0.388. The van der Waals surface area contributed by atoms with Crippen molar-refractivity contribution in [3.05, 3.63) is 94.2 Å². The summed E-state index contributed by atoms with van der Waals surface area (Å²) in [6, 6.07) is 13.1. The Labute approximate surface area is 199 Å². The molecule has 5 aromatic rings. The first kappa shape index (κ1) is 21.6. The summed E-state index contributed by atoms with van der Waals surface area (Å²) in [6.45, 7) is 2.32. The van der Waals surface area contributed by atoms with Crippen LogP contribution in [-0.4, -0.2) is 41.5 Å². The Morgan fingerprint density at radius 1 is 1.09 bits per heavy atom. The Bertz CT molecular complexity index is 1490. The van der Waals surface area contributed by atoms with Crippen LogP contribution in [0.1, 0.15) is 32.9 Å². The molecule has 0 bridgehead atoms. The number of hydrogen-bond acceptors (Lipinski definition) is 7. The van der Waals surface area contributed by atoms with E-state index >= 15 is 0 Å². The molecule has 1 amide bonds. The number of hydrogen-bond donors (Lipinski definition) is 2. The number of benzene rings is 1. The van der Waals surface area contributed by atoms with Crippen LogP contribution in [0.25, 0.3) is 22.3 Å². The van der Waals surface area contributed by atoms with Gasteiger partial charge in [-0.1, -0.05) is 17.7 Å². The van der Waals surface area contributed by atoms with E-state index in [-0.39, 0.29) is 5.91 Å². The van der Waals surface area contributed by atoms with Gasteiger partial charge >= 0.3 is 0 Å². The molecule has 0 aliphatic heterocycles. The Balaban J connectivity index is 1.40. The second-order valence-corrected chi connectivity index (χ2v) is 8.18. The monoisotopic (exact) mass is 470 g/mol. The van der Waals surface area contributed by atoms with E-state index < -0.39 is 0 Å². The molecule has 34 heavy (non-hydrogen) atoms. The zero-order chi connectivity index (χ0) is 23.5. The van der Waals surface area contributed by atoms with Gasteiger partial charge < -0.3 is 5.32 Å². The smallest absolute Gasteiger partial charge is 0.251 e. The van der Waals surface area contributed by atoms with Crippen LogP contribution < -0.4 is 5.32 Å². The molecule has 168 valence electrons. The van der Waals surface area contributed by atoms with Gasteiger partial charge in [0.1, 0.15) is 0 Å². The molecule has 4 heterocycles. The van der Waals surface area contributed by atoms with Gasteiger partial charge in [-0.25, -0.2) is 0 Å². The fourth-order valence-corrected chi connectivity index (χ4v) is 3.91. The second kappa shape index (κ2) is 9.32. The van der Waals surface area contributed by atoms with Gasteiger partial charge in [0.25, 0.3) is 5.91 Å². The summed E-state index contributed by atoms with van der Waals surface area (Å²) in [7, 11) is 0. The van der Waals surface area contributed by atoms with Gasteiger partial charge in [-0.3, -0.25) is 19.7 Å². The van der Waals surface area contributed by atoms with Gasteiger partial charge in [0, 0.05) is 59.5 Å². The third-order valence-electron chi connectivity index (χ3n) is 5.42. The standard InChI is InChI=1S/C24H19ClN8O/c1-14-17(3-2-5-26-14)12-29-24(34)16-4-6-27-20(11-16)8-15-7-18-10-19(25)13-28-22(18)21(9-15)23-30-32-33-31-23/h2-7,9-11,13H,8,12H2,1H3,(H,29,34)(H,30,31,32,33). The summed E-state index contributed by atoms with van der Waals surface area (Å²) in [6.07, 6.45) is 5.45. The molecular weight excluding hydrogens is 452 g/mol. The van der Waals surface area contributed by atoms with Crippen molar-refractivity contribution in [1.82, 2.24) is 40.9 Å². The average molecular weight is 471 g/mol. The molecule has 1 aromatic carbocycles. The fraction of sp³-hybridized carbons (Fsp3) is 0.125. The summed E-state index contributed by atoms with van der Waals surface area (Å²) in [4.78, 5) is 25.9. The number of amides is 1. The van der Waals surface area contributed by atoms with E-state index in [9.17, 15) is 4.79 Å². The maximum Gasteiger partial charge on any atom is 0.251 e. The molecule has 0 aliphatic rings. The number of tetrazole rings is 1. The number of aromatic amines is 1. The average Bonchev–Trinajstić information content (AvgIpc) is 3.38. The lowest BCUT2D eigenvalue weighted by Gasteiger charge is -2.10. The molecular formula is C24H19ClN8O. The molecule has 9 nitrogen and oxygen atoms in total. The predicted molar refractivity (Wildman–Crippen MR) is 127 cm³/mol. The van der Waals surface area contributed by atoms with Crippen molar-refractivity contribution in [3.8, 4) is 11.4 Å². The first-order chi connectivity index (χ1) is 16.6. The molecule has 0 radical (unpaired) electrons. The van der Waals surface area contributed by atoms with Gasteiger partial charge in [0.15, 0.2) is 0 Å². The van der Waals surface area contributed by atoms with E-state index in [0.29, 0.717) is 29.4 Å². The van der Waals surface area contributed by atoms with Gasteiger partial charge in [-0.2, -0.15) is 5.21 Å². The molecule has 2 N–H and O–H groups in total. The van der Waals surface area contributed by atoms with E-state index in [4.69, 9.17) is 11.6 Å². The zero-order valence-corrected chi connectivity index (χ0v) is 18.9. The van der Waals surface area contributed by atoms with Gasteiger partial charge in [0.2, 0.25) is 5.82 Å². The molecule has 10 heteroatoms. The van der Waals surface area contributed by atoms with E-state index in [1.165, 1.54) is 0 Å². The second-order valence-electron chi connectivity index (χ2n) is 7.75. The number of nitrogens with zero attached hydrogens (tertiary/aromatic N) is 6. The van der Waals surface area contributed by atoms with Crippen molar-refractivity contribution in [2.24, 2.45) is 0 Å². The minimum Gasteiger partial charge on any atom is -0.348 e. The highest BCUT2D eigenvalue weighted by atomic mass is 35.5. The molecule has 0 fully saturated rings. The van der Waals surface area contributed by atoms with Crippen LogP contribution in [0.3, 0.4) is 0 Å². The van der Waals surface area contributed by atoms with E-state index in [1.807, 2.05) is 37.3 Å². The molecule has 0 aliphatic carbocycles. The molecule has 4 aromatic heterocycles. The number of rotatable bonds is 6. The molecule has 0 unspecified atom stereocenters. The van der Waals surface area contributed by atoms with Crippen LogP contribution in [0.2, 0.25) is 5.02 Å². The number of aromatic nitrogens is 7. The Kier molecular flexibility index (Phi) is 5.92. The highest BCUT2D eigenvalue weighted by molar-refractivity contribution is 6.31. The normalized spacial score (nSPS) is 11.0. The predicted octanol–water partition coefficient (Wildman–Crippen LogP) is 3.69. The number of H-pyrrole nitrogens is 1. The largest absolute Gasteiger partial charge is 0.348 e. The first-order valence-corrected chi connectivity index (χ1v) is 10.9. The van der Waals surface area contributed by atoms with Crippen LogP contribution in [0.5, 0.6) is 0 Å². The summed E-state index contributed by atoms with van der Waals surface area (Å²) < 4.78 is 0. The number of halogens is 1. The number of aryl methyl sites for hydroxylation is 1. The van der Waals surface area contributed by atoms with Crippen molar-refractivity contribution in [3.63, 3.8) is 0 Å². The maximum atomic E-state index is 12.7. The Hall–Kier alpha value is -4.24. The highest BCUT2D eigenvalue weighted by Crippen LogP contribution is 2.28. The SMILES string of the molecule is Cc1ncccc1CNC(=O)c1ccnc(Cc2cc(-c3nn[nH]n3)c3ncc(Cl)cc3c2)c1. The highest BCUT2D eigenvalue weighted by Gasteiger charge is 2.14. The van der Waals surface area contributed by atoms with Crippen molar-refractivity contribution in [2.75, 3.05) is 0 Å². The molecule has 0 saturated heterocycles. The summed E-state index contributed by atoms with van der Waals surface area (Å²) >= 11 is 6.17. The molecule has 0 atom stereocenters. The number of carbonyl (C=O) groups excluding carboxylic acids is 1. The number of pyridine rings is 3. The van der Waals surface area contributed by atoms with Gasteiger partial charge in [-0.15, -0.1) is 10.2 Å². The summed E-state index contributed by atoms with van der Waals surface area (Å²) in [5.74, 6) is 0.266. The van der Waals surface area contributed by atoms with E-state index in [2.05, 4.69) is 40.9 Å². The molecule has 0 saturated carbocycles. The molecule has 0 spiro atoms. The van der Waals surface area contributed by atoms with Crippen LogP contribution in [0.4, 0.5) is 0 Å². The van der Waals surface area contributed by atoms with Crippen LogP contribution in [0, 0.1) is 6.92 Å². The van der Waals surface area contributed by atoms with E-state index in [0.717, 1.165) is 39.0 Å². The number of carbonyl (C=O) groups is 1. The lowest BCUT2D eigenvalue weighted by atomic mass is 10.0. The Morgan fingerprint density at radius 2 is 2.00 bits per heavy atom. The van der Waals surface area contributed by atoms with Gasteiger partial charge in [0.05, 0.1) is 10.5 Å². The Morgan fingerprint density at radius 3 is 2.82 bits per heavy atom. The third-order valence-corrected chi connectivity index (χ3v) is 5.62. The summed E-state index contributed by atoms with van der Waals surface area (Å²) in [5.41, 5.74) is 5.56. The number of fused-ring (bicyclic) bond motifs is 1. The van der Waals surface area contributed by atoms with Gasteiger partial charge in [-0.05, 0) is 59.7 Å². The zero-order valence-electron chi connectivity index (χ0n) is 18.2. The first-order valence-electron chi connectivity index (χ1n) is 10.5. The van der Waals surface area contributed by atoms with Crippen LogP contribution in [-0.2, 0) is 13.0 Å². The van der Waals surface area contributed by atoms with Crippen LogP contribution >= 0.6 is 11.6 Å². The summed E-state index contributed by atoms with van der Waals surface area (Å²) in [5, 5.41) is 18.7. The maximum absolute atomic E-state index is 12.7. The number of nitrogens with one attached hydrogen (secondary N) is 2. The van der Waals surface area contributed by atoms with Crippen molar-refractivity contribution in [2.45, 2.75) is 19.9 Å². The lowest BCUT2D eigenvalue weighted by molar-refractivity contribution is 0.0950. The van der Waals surface area contributed by atoms with E-state index in [1.54, 1.807) is 30.7 Å². The minimum atomic E-state index is -0.172. The minimum absolute atomic E-state index is 0.172.